The van der Waals surface area contributed by atoms with Crippen LogP contribution in [0.25, 0.3) is 0 Å². The highest BCUT2D eigenvalue weighted by atomic mass is 16.4. The summed E-state index contributed by atoms with van der Waals surface area (Å²) in [6.45, 7) is 6.60. The lowest BCUT2D eigenvalue weighted by atomic mass is 9.90. The van der Waals surface area contributed by atoms with Crippen LogP contribution in [-0.4, -0.2) is 46.1 Å². The minimum Gasteiger partial charge on any atom is -0.409 e. The lowest BCUT2D eigenvalue weighted by Crippen LogP contribution is -2.51. The Balaban J connectivity index is 2.78. The fraction of sp³-hybridized carbons (Fsp3) is 0.833. The second-order valence-corrected chi connectivity index (χ2v) is 5.36. The standard InChI is InChI=1S/C12H23N3O3/c1-7(2)10(11(13)14-18)12(17)15-5-4-8(3)9(16)6-15/h7-10,16,18H,4-6H2,1-3H3,(H2,13,14). The Morgan fingerprint density at radius 1 is 1.50 bits per heavy atom. The Bertz CT molecular complexity index is 331. The second-order valence-electron chi connectivity index (χ2n) is 5.36. The van der Waals surface area contributed by atoms with Crippen molar-refractivity contribution in [1.29, 1.82) is 0 Å². The van der Waals surface area contributed by atoms with E-state index in [0.29, 0.717) is 13.1 Å². The lowest BCUT2D eigenvalue weighted by Gasteiger charge is -2.36. The van der Waals surface area contributed by atoms with Gasteiger partial charge in [0.05, 0.1) is 6.10 Å². The average Bonchev–Trinajstić information content (AvgIpc) is 2.32. The van der Waals surface area contributed by atoms with Crippen molar-refractivity contribution < 1.29 is 15.1 Å². The number of hydrogen-bond acceptors (Lipinski definition) is 4. The van der Waals surface area contributed by atoms with Crippen molar-refractivity contribution in [3.05, 3.63) is 0 Å². The summed E-state index contributed by atoms with van der Waals surface area (Å²) in [4.78, 5) is 13.9. The number of aliphatic hydroxyl groups excluding tert-OH is 1. The maximum Gasteiger partial charge on any atom is 0.233 e. The van der Waals surface area contributed by atoms with E-state index in [2.05, 4.69) is 5.16 Å². The van der Waals surface area contributed by atoms with Crippen molar-refractivity contribution in [2.75, 3.05) is 13.1 Å². The molecule has 0 aromatic heterocycles. The number of oxime groups is 1. The number of amides is 1. The Labute approximate surface area is 107 Å². The van der Waals surface area contributed by atoms with E-state index < -0.39 is 12.0 Å². The van der Waals surface area contributed by atoms with Gasteiger partial charge in [-0.2, -0.15) is 0 Å². The van der Waals surface area contributed by atoms with E-state index in [4.69, 9.17) is 10.9 Å². The van der Waals surface area contributed by atoms with Crippen molar-refractivity contribution in [3.8, 4) is 0 Å². The van der Waals surface area contributed by atoms with E-state index in [1.54, 1.807) is 4.90 Å². The number of aliphatic hydroxyl groups is 1. The molecule has 1 rings (SSSR count). The summed E-state index contributed by atoms with van der Waals surface area (Å²) in [5, 5.41) is 21.5. The molecule has 0 aromatic carbocycles. The van der Waals surface area contributed by atoms with Gasteiger partial charge in [0.25, 0.3) is 0 Å². The number of carbonyl (C=O) groups excluding carboxylic acids is 1. The summed E-state index contributed by atoms with van der Waals surface area (Å²) >= 11 is 0. The molecule has 1 amide bonds. The predicted molar refractivity (Wildman–Crippen MR) is 68.1 cm³/mol. The number of rotatable bonds is 3. The van der Waals surface area contributed by atoms with E-state index in [1.165, 1.54) is 0 Å². The zero-order valence-corrected chi connectivity index (χ0v) is 11.2. The Morgan fingerprint density at radius 3 is 2.56 bits per heavy atom. The zero-order chi connectivity index (χ0) is 13.9. The van der Waals surface area contributed by atoms with E-state index >= 15 is 0 Å². The molecule has 0 aromatic rings. The smallest absolute Gasteiger partial charge is 0.233 e. The molecule has 0 spiro atoms. The van der Waals surface area contributed by atoms with Gasteiger partial charge >= 0.3 is 0 Å². The summed E-state index contributed by atoms with van der Waals surface area (Å²) < 4.78 is 0. The molecule has 3 unspecified atom stereocenters. The molecule has 1 fully saturated rings. The van der Waals surface area contributed by atoms with Gasteiger partial charge in [0.1, 0.15) is 5.92 Å². The lowest BCUT2D eigenvalue weighted by molar-refractivity contribution is -0.138. The highest BCUT2D eigenvalue weighted by Gasteiger charge is 2.34. The molecule has 1 aliphatic heterocycles. The van der Waals surface area contributed by atoms with Crippen molar-refractivity contribution in [1.82, 2.24) is 4.90 Å². The third kappa shape index (κ3) is 3.13. The van der Waals surface area contributed by atoms with Gasteiger partial charge in [-0.05, 0) is 18.3 Å². The molecule has 4 N–H and O–H groups in total. The number of nitrogens with zero attached hydrogens (tertiary/aromatic N) is 2. The summed E-state index contributed by atoms with van der Waals surface area (Å²) in [6, 6.07) is 0. The first-order chi connectivity index (χ1) is 8.38. The number of carbonyl (C=O) groups is 1. The normalized spacial score (nSPS) is 27.4. The molecule has 0 bridgehead atoms. The molecule has 0 aliphatic carbocycles. The van der Waals surface area contributed by atoms with Gasteiger partial charge in [-0.1, -0.05) is 25.9 Å². The largest absolute Gasteiger partial charge is 0.409 e. The van der Waals surface area contributed by atoms with Crippen LogP contribution in [0.4, 0.5) is 0 Å². The van der Waals surface area contributed by atoms with E-state index in [1.807, 2.05) is 20.8 Å². The van der Waals surface area contributed by atoms with Gasteiger partial charge in [0, 0.05) is 13.1 Å². The monoisotopic (exact) mass is 257 g/mol. The Hall–Kier alpha value is -1.30. The molecule has 0 saturated carbocycles. The highest BCUT2D eigenvalue weighted by Crippen LogP contribution is 2.21. The minimum absolute atomic E-state index is 0.0510. The van der Waals surface area contributed by atoms with Crippen molar-refractivity contribution in [2.24, 2.45) is 28.6 Å². The number of piperidine rings is 1. The van der Waals surface area contributed by atoms with Gasteiger partial charge in [-0.3, -0.25) is 4.79 Å². The highest BCUT2D eigenvalue weighted by molar-refractivity contribution is 6.02. The maximum atomic E-state index is 12.3. The average molecular weight is 257 g/mol. The Morgan fingerprint density at radius 2 is 2.11 bits per heavy atom. The maximum absolute atomic E-state index is 12.3. The van der Waals surface area contributed by atoms with Crippen LogP contribution in [0.15, 0.2) is 5.16 Å². The van der Waals surface area contributed by atoms with Crippen LogP contribution in [0.3, 0.4) is 0 Å². The van der Waals surface area contributed by atoms with Crippen molar-refractivity contribution >= 4 is 11.7 Å². The van der Waals surface area contributed by atoms with E-state index in [0.717, 1.165) is 6.42 Å². The third-order valence-electron chi connectivity index (χ3n) is 3.60. The molecular formula is C12H23N3O3. The molecule has 104 valence electrons. The van der Waals surface area contributed by atoms with Crippen molar-refractivity contribution in [3.63, 3.8) is 0 Å². The molecule has 1 heterocycles. The molecule has 18 heavy (non-hydrogen) atoms. The quantitative estimate of drug-likeness (QED) is 0.292. The number of amidine groups is 1. The van der Waals surface area contributed by atoms with Crippen LogP contribution < -0.4 is 5.73 Å². The molecule has 6 heteroatoms. The van der Waals surface area contributed by atoms with Crippen LogP contribution in [0, 0.1) is 17.8 Å². The first-order valence-electron chi connectivity index (χ1n) is 6.32. The molecule has 6 nitrogen and oxygen atoms in total. The van der Waals surface area contributed by atoms with Gasteiger partial charge in [0.2, 0.25) is 5.91 Å². The number of nitrogens with two attached hydrogens (primary N) is 1. The summed E-state index contributed by atoms with van der Waals surface area (Å²) in [5.41, 5.74) is 5.58. The van der Waals surface area contributed by atoms with Crippen LogP contribution in [-0.2, 0) is 4.79 Å². The van der Waals surface area contributed by atoms with Gasteiger partial charge in [0.15, 0.2) is 5.84 Å². The first kappa shape index (κ1) is 14.8. The third-order valence-corrected chi connectivity index (χ3v) is 3.60. The molecule has 3 atom stereocenters. The van der Waals surface area contributed by atoms with Crippen molar-refractivity contribution in [2.45, 2.75) is 33.3 Å². The SMILES string of the molecule is CC(C)C(C(=O)N1CCC(C)C(O)C1)C(N)=NO. The molecule has 0 radical (unpaired) electrons. The van der Waals surface area contributed by atoms with Crippen LogP contribution in [0.1, 0.15) is 27.2 Å². The predicted octanol–water partition coefficient (Wildman–Crippen LogP) is 0.234. The summed E-state index contributed by atoms with van der Waals surface area (Å²) in [6.07, 6.45) is 0.274. The fourth-order valence-electron chi connectivity index (χ4n) is 2.26. The number of β-amino-alcohol motifs (C(OH)–C–C–N with tert-alkyl or cyclic N) is 1. The molecule has 1 saturated heterocycles. The summed E-state index contributed by atoms with van der Waals surface area (Å²) in [7, 11) is 0. The van der Waals surface area contributed by atoms with Gasteiger partial charge < -0.3 is 20.9 Å². The van der Waals surface area contributed by atoms with E-state index in [9.17, 15) is 9.90 Å². The Kier molecular flexibility index (Phi) is 4.95. The van der Waals surface area contributed by atoms with Crippen LogP contribution in [0.2, 0.25) is 0 Å². The number of likely N-dealkylation sites (tertiary alicyclic amines) is 1. The fourth-order valence-corrected chi connectivity index (χ4v) is 2.26. The summed E-state index contributed by atoms with van der Waals surface area (Å²) in [5.74, 6) is -0.717. The van der Waals surface area contributed by atoms with E-state index in [-0.39, 0.29) is 23.6 Å². The van der Waals surface area contributed by atoms with Gasteiger partial charge in [-0.15, -0.1) is 0 Å². The van der Waals surface area contributed by atoms with Crippen LogP contribution in [0.5, 0.6) is 0 Å². The number of hydrogen-bond donors (Lipinski definition) is 3. The van der Waals surface area contributed by atoms with Crippen LogP contribution >= 0.6 is 0 Å². The van der Waals surface area contributed by atoms with Gasteiger partial charge in [-0.25, -0.2) is 0 Å². The second kappa shape index (κ2) is 6.04. The minimum atomic E-state index is -0.629. The molecular weight excluding hydrogens is 234 g/mol. The molecule has 1 aliphatic rings. The zero-order valence-electron chi connectivity index (χ0n) is 11.2. The first-order valence-corrected chi connectivity index (χ1v) is 6.32. The topological polar surface area (TPSA) is 99.2 Å².